The van der Waals surface area contributed by atoms with E-state index >= 15 is 0 Å². The molecule has 0 aliphatic heterocycles. The number of halogens is 1. The van der Waals surface area contributed by atoms with E-state index in [0.29, 0.717) is 11.8 Å². The Labute approximate surface area is 109 Å². The third-order valence-electron chi connectivity index (χ3n) is 2.40. The predicted molar refractivity (Wildman–Crippen MR) is 74.2 cm³/mol. The van der Waals surface area contributed by atoms with Gasteiger partial charge in [0.15, 0.2) is 0 Å². The SMILES string of the molecule is CSC(C)CNC(=O)c1cc(Br)ccc1C. The maximum Gasteiger partial charge on any atom is 0.251 e. The van der Waals surface area contributed by atoms with Crippen LogP contribution in [0.15, 0.2) is 22.7 Å². The van der Waals surface area contributed by atoms with Gasteiger partial charge in [-0.05, 0) is 30.9 Å². The number of rotatable bonds is 4. The second-order valence-corrected chi connectivity index (χ2v) is 5.91. The Bertz CT molecular complexity index is 381. The maximum absolute atomic E-state index is 11.9. The minimum absolute atomic E-state index is 0.000278. The topological polar surface area (TPSA) is 29.1 Å². The molecule has 0 heterocycles. The molecule has 1 amide bonds. The summed E-state index contributed by atoms with van der Waals surface area (Å²) in [6, 6.07) is 5.74. The van der Waals surface area contributed by atoms with Crippen LogP contribution in [0, 0.1) is 6.92 Å². The zero-order chi connectivity index (χ0) is 12.1. The predicted octanol–water partition coefficient (Wildman–Crippen LogP) is 3.24. The molecule has 0 saturated carbocycles. The van der Waals surface area contributed by atoms with E-state index in [1.807, 2.05) is 31.4 Å². The Kier molecular flexibility index (Phi) is 5.35. The first kappa shape index (κ1) is 13.6. The van der Waals surface area contributed by atoms with Gasteiger partial charge in [-0.2, -0.15) is 11.8 Å². The molecule has 0 fully saturated rings. The summed E-state index contributed by atoms with van der Waals surface area (Å²) in [7, 11) is 0. The van der Waals surface area contributed by atoms with Crippen molar-refractivity contribution in [3.8, 4) is 0 Å². The zero-order valence-electron chi connectivity index (χ0n) is 9.71. The molecule has 0 spiro atoms. The summed E-state index contributed by atoms with van der Waals surface area (Å²) in [6.07, 6.45) is 2.04. The number of carbonyl (C=O) groups is 1. The zero-order valence-corrected chi connectivity index (χ0v) is 12.1. The standard InChI is InChI=1S/C12H16BrNOS/c1-8-4-5-10(13)6-11(8)12(15)14-7-9(2)16-3/h4-6,9H,7H2,1-3H3,(H,14,15). The van der Waals surface area contributed by atoms with Crippen molar-refractivity contribution < 1.29 is 4.79 Å². The number of aryl methyl sites for hydroxylation is 1. The van der Waals surface area contributed by atoms with Gasteiger partial charge in [-0.15, -0.1) is 0 Å². The number of carbonyl (C=O) groups excluding carboxylic acids is 1. The van der Waals surface area contributed by atoms with Crippen LogP contribution in [-0.4, -0.2) is 24.0 Å². The highest BCUT2D eigenvalue weighted by atomic mass is 79.9. The van der Waals surface area contributed by atoms with Crippen LogP contribution < -0.4 is 5.32 Å². The van der Waals surface area contributed by atoms with Gasteiger partial charge in [-0.3, -0.25) is 4.79 Å². The van der Waals surface area contributed by atoms with Gasteiger partial charge >= 0.3 is 0 Å². The summed E-state index contributed by atoms with van der Waals surface area (Å²) in [4.78, 5) is 11.9. The largest absolute Gasteiger partial charge is 0.351 e. The summed E-state index contributed by atoms with van der Waals surface area (Å²) in [5.74, 6) is -0.000278. The molecule has 1 N–H and O–H groups in total. The number of hydrogen-bond acceptors (Lipinski definition) is 2. The molecule has 0 radical (unpaired) electrons. The van der Waals surface area contributed by atoms with Crippen LogP contribution in [0.2, 0.25) is 0 Å². The molecule has 0 aromatic heterocycles. The molecule has 16 heavy (non-hydrogen) atoms. The second kappa shape index (κ2) is 6.30. The fourth-order valence-corrected chi connectivity index (χ4v) is 1.86. The summed E-state index contributed by atoms with van der Waals surface area (Å²) < 4.78 is 0.932. The summed E-state index contributed by atoms with van der Waals surface area (Å²) in [5.41, 5.74) is 1.74. The smallest absolute Gasteiger partial charge is 0.251 e. The average Bonchev–Trinajstić information content (AvgIpc) is 2.28. The van der Waals surface area contributed by atoms with Crippen molar-refractivity contribution in [2.24, 2.45) is 0 Å². The monoisotopic (exact) mass is 301 g/mol. The van der Waals surface area contributed by atoms with Crippen molar-refractivity contribution in [1.29, 1.82) is 0 Å². The Morgan fingerprint density at radius 3 is 2.88 bits per heavy atom. The van der Waals surface area contributed by atoms with Gasteiger partial charge in [0, 0.05) is 21.8 Å². The number of nitrogens with one attached hydrogen (secondary N) is 1. The first-order chi connectivity index (χ1) is 7.54. The molecular formula is C12H16BrNOS. The molecule has 1 aromatic rings. The highest BCUT2D eigenvalue weighted by Crippen LogP contribution is 2.16. The third-order valence-corrected chi connectivity index (χ3v) is 3.86. The van der Waals surface area contributed by atoms with Crippen molar-refractivity contribution in [2.75, 3.05) is 12.8 Å². The first-order valence-corrected chi connectivity index (χ1v) is 7.20. The first-order valence-electron chi connectivity index (χ1n) is 5.11. The molecule has 88 valence electrons. The lowest BCUT2D eigenvalue weighted by atomic mass is 10.1. The maximum atomic E-state index is 11.9. The molecule has 1 rings (SSSR count). The minimum atomic E-state index is -0.000278. The van der Waals surface area contributed by atoms with Gasteiger partial charge in [0.1, 0.15) is 0 Å². The molecule has 0 saturated heterocycles. The van der Waals surface area contributed by atoms with E-state index in [1.165, 1.54) is 0 Å². The molecule has 1 aromatic carbocycles. The minimum Gasteiger partial charge on any atom is -0.351 e. The lowest BCUT2D eigenvalue weighted by Crippen LogP contribution is -2.29. The normalized spacial score (nSPS) is 12.2. The Balaban J connectivity index is 2.69. The van der Waals surface area contributed by atoms with E-state index in [2.05, 4.69) is 28.2 Å². The average molecular weight is 302 g/mol. The van der Waals surface area contributed by atoms with Crippen molar-refractivity contribution >= 4 is 33.6 Å². The van der Waals surface area contributed by atoms with Gasteiger partial charge in [-0.1, -0.05) is 28.9 Å². The van der Waals surface area contributed by atoms with Crippen LogP contribution in [0.3, 0.4) is 0 Å². The van der Waals surface area contributed by atoms with Crippen LogP contribution >= 0.6 is 27.7 Å². The van der Waals surface area contributed by atoms with Gasteiger partial charge in [0.2, 0.25) is 0 Å². The lowest BCUT2D eigenvalue weighted by molar-refractivity contribution is 0.0953. The number of benzene rings is 1. The molecule has 1 atom stereocenters. The number of hydrogen-bond donors (Lipinski definition) is 1. The molecule has 0 bridgehead atoms. The summed E-state index contributed by atoms with van der Waals surface area (Å²) in [5, 5.41) is 3.38. The molecule has 1 unspecified atom stereocenters. The van der Waals surface area contributed by atoms with E-state index < -0.39 is 0 Å². The van der Waals surface area contributed by atoms with E-state index in [1.54, 1.807) is 11.8 Å². The van der Waals surface area contributed by atoms with E-state index in [0.717, 1.165) is 15.6 Å². The molecule has 2 nitrogen and oxygen atoms in total. The van der Waals surface area contributed by atoms with Gasteiger partial charge < -0.3 is 5.32 Å². The molecule has 4 heteroatoms. The highest BCUT2D eigenvalue weighted by Gasteiger charge is 2.10. The van der Waals surface area contributed by atoms with Crippen molar-refractivity contribution in [3.05, 3.63) is 33.8 Å². The van der Waals surface area contributed by atoms with Crippen LogP contribution in [-0.2, 0) is 0 Å². The van der Waals surface area contributed by atoms with Crippen LogP contribution in [0.4, 0.5) is 0 Å². The highest BCUT2D eigenvalue weighted by molar-refractivity contribution is 9.10. The fraction of sp³-hybridized carbons (Fsp3) is 0.417. The van der Waals surface area contributed by atoms with Crippen LogP contribution in [0.25, 0.3) is 0 Å². The van der Waals surface area contributed by atoms with Gasteiger partial charge in [-0.25, -0.2) is 0 Å². The second-order valence-electron chi connectivity index (χ2n) is 3.72. The third kappa shape index (κ3) is 3.83. The lowest BCUT2D eigenvalue weighted by Gasteiger charge is -2.11. The summed E-state index contributed by atoms with van der Waals surface area (Å²) >= 11 is 5.12. The molecule has 0 aliphatic carbocycles. The summed E-state index contributed by atoms with van der Waals surface area (Å²) in [6.45, 7) is 4.74. The number of amides is 1. The van der Waals surface area contributed by atoms with Crippen molar-refractivity contribution in [2.45, 2.75) is 19.1 Å². The Hall–Kier alpha value is -0.480. The van der Waals surface area contributed by atoms with Crippen molar-refractivity contribution in [3.63, 3.8) is 0 Å². The Morgan fingerprint density at radius 2 is 2.25 bits per heavy atom. The van der Waals surface area contributed by atoms with E-state index in [4.69, 9.17) is 0 Å². The fourth-order valence-electron chi connectivity index (χ4n) is 1.25. The number of thioether (sulfide) groups is 1. The molecule has 0 aliphatic rings. The van der Waals surface area contributed by atoms with Crippen LogP contribution in [0.5, 0.6) is 0 Å². The van der Waals surface area contributed by atoms with Gasteiger partial charge in [0.05, 0.1) is 0 Å². The van der Waals surface area contributed by atoms with E-state index in [9.17, 15) is 4.79 Å². The van der Waals surface area contributed by atoms with E-state index in [-0.39, 0.29) is 5.91 Å². The van der Waals surface area contributed by atoms with Crippen molar-refractivity contribution in [1.82, 2.24) is 5.32 Å². The molecular weight excluding hydrogens is 286 g/mol. The quantitative estimate of drug-likeness (QED) is 0.925. The Morgan fingerprint density at radius 1 is 1.56 bits per heavy atom. The van der Waals surface area contributed by atoms with Crippen LogP contribution in [0.1, 0.15) is 22.8 Å². The van der Waals surface area contributed by atoms with Gasteiger partial charge in [0.25, 0.3) is 5.91 Å².